The van der Waals surface area contributed by atoms with Crippen LogP contribution in [0.15, 0.2) is 6.20 Å². The van der Waals surface area contributed by atoms with Gasteiger partial charge in [0.2, 0.25) is 0 Å². The van der Waals surface area contributed by atoms with E-state index in [1.165, 1.54) is 4.88 Å². The Bertz CT molecular complexity index is 205. The zero-order valence-corrected chi connectivity index (χ0v) is 7.11. The minimum atomic E-state index is 0.250. The molecule has 0 amide bonds. The second-order valence-corrected chi connectivity index (χ2v) is 3.85. The van der Waals surface area contributed by atoms with E-state index in [9.17, 15) is 0 Å². The molecule has 0 unspecified atom stereocenters. The molecule has 0 aliphatic rings. The summed E-state index contributed by atoms with van der Waals surface area (Å²) in [6, 6.07) is 0.250. The van der Waals surface area contributed by atoms with E-state index in [4.69, 9.17) is 5.73 Å². The van der Waals surface area contributed by atoms with Gasteiger partial charge in [0, 0.05) is 17.1 Å². The molecule has 2 N–H and O–H groups in total. The Morgan fingerprint density at radius 3 is 2.90 bits per heavy atom. The molecule has 0 aliphatic carbocycles. The molecule has 1 rings (SSSR count). The number of thiazole rings is 1. The lowest BCUT2D eigenvalue weighted by Crippen LogP contribution is -2.16. The molecule has 0 spiro atoms. The van der Waals surface area contributed by atoms with Gasteiger partial charge in [-0.2, -0.15) is 0 Å². The molecule has 56 valence electrons. The van der Waals surface area contributed by atoms with E-state index in [1.807, 2.05) is 20.0 Å². The fourth-order valence-electron chi connectivity index (χ4n) is 0.817. The molecule has 2 nitrogen and oxygen atoms in total. The van der Waals surface area contributed by atoms with Gasteiger partial charge >= 0.3 is 0 Å². The van der Waals surface area contributed by atoms with Crippen LogP contribution in [-0.4, -0.2) is 11.0 Å². The van der Waals surface area contributed by atoms with E-state index in [0.717, 1.165) is 11.4 Å². The first-order chi connectivity index (χ1) is 4.68. The van der Waals surface area contributed by atoms with Crippen LogP contribution in [0.25, 0.3) is 0 Å². The van der Waals surface area contributed by atoms with Crippen LogP contribution < -0.4 is 5.73 Å². The summed E-state index contributed by atoms with van der Waals surface area (Å²) in [5, 5.41) is 1.12. The highest BCUT2D eigenvalue weighted by molar-refractivity contribution is 7.11. The Labute approximate surface area is 65.1 Å². The van der Waals surface area contributed by atoms with Gasteiger partial charge < -0.3 is 5.73 Å². The maximum absolute atomic E-state index is 5.61. The van der Waals surface area contributed by atoms with Gasteiger partial charge in [0.05, 0.1) is 5.01 Å². The number of nitrogens with two attached hydrogens (primary N) is 1. The highest BCUT2D eigenvalue weighted by atomic mass is 32.1. The third-order valence-electron chi connectivity index (χ3n) is 1.19. The van der Waals surface area contributed by atoms with Gasteiger partial charge in [-0.3, -0.25) is 0 Å². The molecule has 1 heterocycles. The van der Waals surface area contributed by atoms with Crippen molar-refractivity contribution in [2.75, 3.05) is 0 Å². The molecule has 0 fully saturated rings. The van der Waals surface area contributed by atoms with Crippen molar-refractivity contribution in [2.24, 2.45) is 5.73 Å². The average Bonchev–Trinajstić information content (AvgIpc) is 2.13. The molecular weight excluding hydrogens is 144 g/mol. The molecule has 3 heteroatoms. The molecule has 1 atom stereocenters. The van der Waals surface area contributed by atoms with E-state index in [0.29, 0.717) is 0 Å². The SMILES string of the molecule is Cc1ncc(C[C@H](C)N)s1. The molecule has 0 aromatic carbocycles. The van der Waals surface area contributed by atoms with Crippen LogP contribution in [0, 0.1) is 6.92 Å². The van der Waals surface area contributed by atoms with Crippen molar-refractivity contribution in [3.8, 4) is 0 Å². The maximum atomic E-state index is 5.61. The van der Waals surface area contributed by atoms with Crippen LogP contribution in [0.1, 0.15) is 16.8 Å². The lowest BCUT2D eigenvalue weighted by molar-refractivity contribution is 0.745. The minimum absolute atomic E-state index is 0.250. The summed E-state index contributed by atoms with van der Waals surface area (Å²) in [5.74, 6) is 0. The van der Waals surface area contributed by atoms with Crippen molar-refractivity contribution in [1.82, 2.24) is 4.98 Å². The predicted molar refractivity (Wildman–Crippen MR) is 44.2 cm³/mol. The molecule has 0 aliphatic heterocycles. The normalized spacial score (nSPS) is 13.5. The molecule has 0 saturated carbocycles. The Morgan fingerprint density at radius 1 is 1.80 bits per heavy atom. The summed E-state index contributed by atoms with van der Waals surface area (Å²) in [4.78, 5) is 5.42. The Morgan fingerprint density at radius 2 is 2.50 bits per heavy atom. The molecule has 0 bridgehead atoms. The summed E-state index contributed by atoms with van der Waals surface area (Å²) < 4.78 is 0. The van der Waals surface area contributed by atoms with Crippen molar-refractivity contribution < 1.29 is 0 Å². The highest BCUT2D eigenvalue weighted by Crippen LogP contribution is 2.12. The van der Waals surface area contributed by atoms with Crippen LogP contribution in [0.5, 0.6) is 0 Å². The number of nitrogens with zero attached hydrogens (tertiary/aromatic N) is 1. The summed E-state index contributed by atoms with van der Waals surface area (Å²) in [6.07, 6.45) is 2.86. The smallest absolute Gasteiger partial charge is 0.0896 e. The van der Waals surface area contributed by atoms with E-state index in [-0.39, 0.29) is 6.04 Å². The van der Waals surface area contributed by atoms with Crippen molar-refractivity contribution in [3.05, 3.63) is 16.1 Å². The zero-order chi connectivity index (χ0) is 7.56. The number of aryl methyl sites for hydroxylation is 1. The monoisotopic (exact) mass is 156 g/mol. The van der Waals surface area contributed by atoms with Crippen molar-refractivity contribution in [3.63, 3.8) is 0 Å². The van der Waals surface area contributed by atoms with Gasteiger partial charge in [-0.05, 0) is 20.3 Å². The van der Waals surface area contributed by atoms with Gasteiger partial charge in [0.15, 0.2) is 0 Å². The quantitative estimate of drug-likeness (QED) is 0.701. The van der Waals surface area contributed by atoms with Crippen molar-refractivity contribution >= 4 is 11.3 Å². The number of rotatable bonds is 2. The number of hydrogen-bond acceptors (Lipinski definition) is 3. The predicted octanol–water partition coefficient (Wildman–Crippen LogP) is 1.34. The zero-order valence-electron chi connectivity index (χ0n) is 6.29. The standard InChI is InChI=1S/C7H12N2S/c1-5(8)3-7-4-9-6(2)10-7/h4-5H,3,8H2,1-2H3/t5-/m0/s1. The maximum Gasteiger partial charge on any atom is 0.0896 e. The van der Waals surface area contributed by atoms with E-state index >= 15 is 0 Å². The van der Waals surface area contributed by atoms with Crippen LogP contribution in [0.3, 0.4) is 0 Å². The Hall–Kier alpha value is -0.410. The van der Waals surface area contributed by atoms with Crippen LogP contribution in [-0.2, 0) is 6.42 Å². The van der Waals surface area contributed by atoms with E-state index in [2.05, 4.69) is 4.98 Å². The van der Waals surface area contributed by atoms with Gasteiger partial charge in [-0.1, -0.05) is 0 Å². The van der Waals surface area contributed by atoms with Gasteiger partial charge in [0.25, 0.3) is 0 Å². The Balaban J connectivity index is 2.58. The summed E-state index contributed by atoms with van der Waals surface area (Å²) in [6.45, 7) is 4.02. The number of aromatic nitrogens is 1. The van der Waals surface area contributed by atoms with Gasteiger partial charge in [0.1, 0.15) is 0 Å². The molecule has 10 heavy (non-hydrogen) atoms. The summed E-state index contributed by atoms with van der Waals surface area (Å²) >= 11 is 1.72. The molecule has 0 saturated heterocycles. The first-order valence-electron chi connectivity index (χ1n) is 3.35. The van der Waals surface area contributed by atoms with Crippen molar-refractivity contribution in [1.29, 1.82) is 0 Å². The van der Waals surface area contributed by atoms with E-state index in [1.54, 1.807) is 11.3 Å². The topological polar surface area (TPSA) is 38.9 Å². The summed E-state index contributed by atoms with van der Waals surface area (Å²) in [7, 11) is 0. The van der Waals surface area contributed by atoms with E-state index < -0.39 is 0 Å². The molecule has 0 radical (unpaired) electrons. The lowest BCUT2D eigenvalue weighted by Gasteiger charge is -1.98. The Kier molecular flexibility index (Phi) is 2.40. The number of hydrogen-bond donors (Lipinski definition) is 1. The first kappa shape index (κ1) is 7.69. The lowest BCUT2D eigenvalue weighted by atomic mass is 10.2. The molecular formula is C7H12N2S. The van der Waals surface area contributed by atoms with Gasteiger partial charge in [-0.25, -0.2) is 4.98 Å². The largest absolute Gasteiger partial charge is 0.328 e. The average molecular weight is 156 g/mol. The third-order valence-corrected chi connectivity index (χ3v) is 2.13. The second kappa shape index (κ2) is 3.12. The molecule has 1 aromatic heterocycles. The van der Waals surface area contributed by atoms with Crippen molar-refractivity contribution in [2.45, 2.75) is 26.3 Å². The second-order valence-electron chi connectivity index (χ2n) is 2.53. The van der Waals surface area contributed by atoms with Crippen LogP contribution in [0.4, 0.5) is 0 Å². The van der Waals surface area contributed by atoms with Crippen LogP contribution in [0.2, 0.25) is 0 Å². The minimum Gasteiger partial charge on any atom is -0.328 e. The first-order valence-corrected chi connectivity index (χ1v) is 4.17. The van der Waals surface area contributed by atoms with Crippen LogP contribution >= 0.6 is 11.3 Å². The fraction of sp³-hybridized carbons (Fsp3) is 0.571. The fourth-order valence-corrected chi connectivity index (χ4v) is 1.75. The highest BCUT2D eigenvalue weighted by Gasteiger charge is 2.00. The molecule has 1 aromatic rings. The third kappa shape index (κ3) is 2.08. The van der Waals surface area contributed by atoms with Gasteiger partial charge in [-0.15, -0.1) is 11.3 Å². The summed E-state index contributed by atoms with van der Waals surface area (Å²) in [5.41, 5.74) is 5.61.